The monoisotopic (exact) mass is 551 g/mol. The molecule has 0 unspecified atom stereocenters. The van der Waals surface area contributed by atoms with E-state index in [1.807, 2.05) is 31.2 Å². The van der Waals surface area contributed by atoms with E-state index in [9.17, 15) is 10.1 Å². The first-order valence-electron chi connectivity index (χ1n) is 10.6. The van der Waals surface area contributed by atoms with Crippen molar-refractivity contribution in [2.45, 2.75) is 13.5 Å². The van der Waals surface area contributed by atoms with Gasteiger partial charge in [-0.15, -0.1) is 0 Å². The van der Waals surface area contributed by atoms with Crippen LogP contribution in [0.25, 0.3) is 11.0 Å². The number of carbonyl (C=O) groups excluding carboxylic acids is 1. The Morgan fingerprint density at radius 2 is 2.03 bits per heavy atom. The molecule has 3 aromatic carbocycles. The molecule has 0 bridgehead atoms. The maximum atomic E-state index is 12.4. The highest BCUT2D eigenvalue weighted by molar-refractivity contribution is 9.10. The largest absolute Gasteiger partial charge is 0.490 e. The summed E-state index contributed by atoms with van der Waals surface area (Å²) < 4.78 is 18.1. The number of amides is 1. The normalized spacial score (nSPS) is 10.9. The van der Waals surface area contributed by atoms with Crippen LogP contribution in [0.1, 0.15) is 34.2 Å². The number of hydrogen-bond donors (Lipinski definition) is 1. The summed E-state index contributed by atoms with van der Waals surface area (Å²) in [7, 11) is 0. The Morgan fingerprint density at radius 1 is 1.20 bits per heavy atom. The molecular formula is C26H19BrClN3O4. The molecule has 9 heteroatoms. The molecule has 0 radical (unpaired) electrons. The Hall–Kier alpha value is -3.80. The number of halogens is 2. The molecule has 35 heavy (non-hydrogen) atoms. The minimum absolute atomic E-state index is 0.143. The number of carbonyl (C=O) groups is 1. The van der Waals surface area contributed by atoms with Gasteiger partial charge in [0.15, 0.2) is 17.3 Å². The van der Waals surface area contributed by atoms with E-state index >= 15 is 0 Å². The van der Waals surface area contributed by atoms with Crippen molar-refractivity contribution >= 4 is 50.6 Å². The molecular weight excluding hydrogens is 534 g/mol. The average molecular weight is 553 g/mol. The van der Waals surface area contributed by atoms with E-state index in [1.54, 1.807) is 36.4 Å². The van der Waals surface area contributed by atoms with Crippen molar-refractivity contribution in [2.75, 3.05) is 6.61 Å². The lowest BCUT2D eigenvalue weighted by molar-refractivity contribution is 0.0929. The molecule has 0 saturated heterocycles. The molecule has 1 N–H and O–H groups in total. The molecule has 7 nitrogen and oxygen atoms in total. The Balaban J connectivity index is 1.48. The van der Waals surface area contributed by atoms with Gasteiger partial charge in [0, 0.05) is 15.4 Å². The van der Waals surface area contributed by atoms with Crippen LogP contribution >= 0.6 is 27.5 Å². The van der Waals surface area contributed by atoms with E-state index in [0.29, 0.717) is 39.8 Å². The zero-order valence-electron chi connectivity index (χ0n) is 18.5. The van der Waals surface area contributed by atoms with Gasteiger partial charge in [-0.1, -0.05) is 45.7 Å². The smallest absolute Gasteiger partial charge is 0.307 e. The molecule has 4 aromatic rings. The van der Waals surface area contributed by atoms with Gasteiger partial charge >= 0.3 is 5.91 Å². The maximum absolute atomic E-state index is 12.4. The number of ether oxygens (including phenoxy) is 2. The number of hydrogen-bond acceptors (Lipinski definition) is 6. The third-order valence-corrected chi connectivity index (χ3v) is 5.70. The van der Waals surface area contributed by atoms with Gasteiger partial charge in [-0.3, -0.25) is 4.79 Å². The van der Waals surface area contributed by atoms with Crippen molar-refractivity contribution in [2.24, 2.45) is 5.10 Å². The van der Waals surface area contributed by atoms with Crippen LogP contribution in [0.3, 0.4) is 0 Å². The highest BCUT2D eigenvalue weighted by atomic mass is 79.9. The van der Waals surface area contributed by atoms with Crippen molar-refractivity contribution < 1.29 is 18.7 Å². The van der Waals surface area contributed by atoms with Crippen molar-refractivity contribution in [3.05, 3.63) is 92.6 Å². The van der Waals surface area contributed by atoms with Crippen LogP contribution in [-0.4, -0.2) is 18.7 Å². The van der Waals surface area contributed by atoms with Crippen molar-refractivity contribution in [1.29, 1.82) is 5.26 Å². The molecule has 0 atom stereocenters. The molecule has 1 heterocycles. The topological polar surface area (TPSA) is 96.8 Å². The number of nitrogens with zero attached hydrogens (tertiary/aromatic N) is 2. The zero-order chi connectivity index (χ0) is 24.8. The summed E-state index contributed by atoms with van der Waals surface area (Å²) in [6.07, 6.45) is 1.44. The zero-order valence-corrected chi connectivity index (χ0v) is 20.9. The van der Waals surface area contributed by atoms with Gasteiger partial charge in [0.1, 0.15) is 12.2 Å². The predicted molar refractivity (Wildman–Crippen MR) is 137 cm³/mol. The molecule has 0 aliphatic heterocycles. The summed E-state index contributed by atoms with van der Waals surface area (Å²) in [5.41, 5.74) is 4.90. The summed E-state index contributed by atoms with van der Waals surface area (Å²) in [5.74, 6) is 0.437. The molecule has 0 saturated carbocycles. The number of nitriles is 1. The highest BCUT2D eigenvalue weighted by Gasteiger charge is 2.14. The number of hydrazone groups is 1. The number of furan rings is 1. The van der Waals surface area contributed by atoms with Crippen LogP contribution in [0.15, 0.2) is 74.7 Å². The molecule has 0 fully saturated rings. The van der Waals surface area contributed by atoms with E-state index in [1.165, 1.54) is 6.21 Å². The third-order valence-electron chi connectivity index (χ3n) is 4.92. The lowest BCUT2D eigenvalue weighted by Gasteiger charge is -2.15. The summed E-state index contributed by atoms with van der Waals surface area (Å²) in [5, 5.41) is 14.4. The number of nitrogens with one attached hydrogen (secondary N) is 1. The van der Waals surface area contributed by atoms with Gasteiger partial charge in [0.25, 0.3) is 0 Å². The van der Waals surface area contributed by atoms with Crippen LogP contribution in [0, 0.1) is 11.3 Å². The number of fused-ring (bicyclic) bond motifs is 1. The molecule has 1 aromatic heterocycles. The SMILES string of the molecule is CCOc1cc(/C=N/NC(=O)c2cc3cc(Br)ccc3o2)cc(Cl)c1OCc1ccccc1C#N. The molecule has 1 amide bonds. The third kappa shape index (κ3) is 5.83. The summed E-state index contributed by atoms with van der Waals surface area (Å²) in [6, 6.07) is 19.8. The Bertz CT molecular complexity index is 1460. The van der Waals surface area contributed by atoms with Crippen LogP contribution in [0.2, 0.25) is 5.02 Å². The fraction of sp³-hybridized carbons (Fsp3) is 0.115. The van der Waals surface area contributed by atoms with Crippen LogP contribution in [0.4, 0.5) is 0 Å². The maximum Gasteiger partial charge on any atom is 0.307 e. The van der Waals surface area contributed by atoms with Gasteiger partial charge in [-0.25, -0.2) is 5.43 Å². The van der Waals surface area contributed by atoms with E-state index in [4.69, 9.17) is 25.5 Å². The summed E-state index contributed by atoms with van der Waals surface area (Å²) in [4.78, 5) is 12.4. The summed E-state index contributed by atoms with van der Waals surface area (Å²) in [6.45, 7) is 2.39. The molecule has 0 spiro atoms. The second-order valence-corrected chi connectivity index (χ2v) is 8.64. The lowest BCUT2D eigenvalue weighted by Crippen LogP contribution is -2.16. The first-order chi connectivity index (χ1) is 17.0. The van der Waals surface area contributed by atoms with Crippen LogP contribution in [0.5, 0.6) is 11.5 Å². The quantitative estimate of drug-likeness (QED) is 0.200. The average Bonchev–Trinajstić information content (AvgIpc) is 3.27. The standard InChI is InChI=1S/C26H19BrClN3O4/c1-2-33-23-10-16(9-21(28)25(23)34-15-18-6-4-3-5-17(18)13-29)14-30-31-26(32)24-12-19-11-20(27)7-8-22(19)35-24/h3-12,14H,2,15H2,1H3,(H,31,32)/b30-14+. The number of rotatable bonds is 8. The van der Waals surface area contributed by atoms with Crippen molar-refractivity contribution in [1.82, 2.24) is 5.43 Å². The lowest BCUT2D eigenvalue weighted by atomic mass is 10.1. The molecule has 0 aliphatic carbocycles. The Labute approximate surface area is 215 Å². The predicted octanol–water partition coefficient (Wildman–Crippen LogP) is 6.46. The van der Waals surface area contributed by atoms with E-state index < -0.39 is 5.91 Å². The fourth-order valence-corrected chi connectivity index (χ4v) is 3.97. The first-order valence-corrected chi connectivity index (χ1v) is 11.7. The Morgan fingerprint density at radius 3 is 2.83 bits per heavy atom. The fourth-order valence-electron chi connectivity index (χ4n) is 3.32. The van der Waals surface area contributed by atoms with E-state index in [-0.39, 0.29) is 12.4 Å². The first kappa shape index (κ1) is 24.3. The summed E-state index contributed by atoms with van der Waals surface area (Å²) >= 11 is 9.86. The van der Waals surface area contributed by atoms with Gasteiger partial charge in [0.05, 0.1) is 29.5 Å². The Kier molecular flexibility index (Phi) is 7.70. The van der Waals surface area contributed by atoms with Crippen LogP contribution < -0.4 is 14.9 Å². The number of benzene rings is 3. The van der Waals surface area contributed by atoms with Gasteiger partial charge in [-0.2, -0.15) is 10.4 Å². The second-order valence-electron chi connectivity index (χ2n) is 7.31. The van der Waals surface area contributed by atoms with Crippen molar-refractivity contribution in [3.63, 3.8) is 0 Å². The minimum atomic E-state index is -0.485. The van der Waals surface area contributed by atoms with Crippen molar-refractivity contribution in [3.8, 4) is 17.6 Å². The van der Waals surface area contributed by atoms with Crippen LogP contribution in [-0.2, 0) is 6.61 Å². The molecule has 176 valence electrons. The second kappa shape index (κ2) is 11.1. The van der Waals surface area contributed by atoms with Gasteiger partial charge in [0.2, 0.25) is 0 Å². The molecule has 0 aliphatic rings. The van der Waals surface area contributed by atoms with E-state index in [0.717, 1.165) is 15.4 Å². The van der Waals surface area contributed by atoms with E-state index in [2.05, 4.69) is 32.5 Å². The van der Waals surface area contributed by atoms with Gasteiger partial charge in [-0.05, 0) is 55.0 Å². The minimum Gasteiger partial charge on any atom is -0.490 e. The highest BCUT2D eigenvalue weighted by Crippen LogP contribution is 2.37. The van der Waals surface area contributed by atoms with Gasteiger partial charge < -0.3 is 13.9 Å². The molecule has 4 rings (SSSR count).